The fraction of sp³-hybridized carbons (Fsp3) is 0.250. The standard InChI is InChI=1S/C12H11NO3/c1-8-2-4-9(5-3-8)12(16)13-10(14)6-7-11(13)15/h2-5H,6-7H2,1H3. The topological polar surface area (TPSA) is 54.5 Å². The molecular weight excluding hydrogens is 206 g/mol. The normalized spacial score (nSPS) is 15.7. The van der Waals surface area contributed by atoms with E-state index in [9.17, 15) is 14.4 Å². The van der Waals surface area contributed by atoms with E-state index >= 15 is 0 Å². The predicted octanol–water partition coefficient (Wildman–Crippen LogP) is 1.28. The smallest absolute Gasteiger partial charge is 0.267 e. The highest BCUT2D eigenvalue weighted by Gasteiger charge is 2.34. The van der Waals surface area contributed by atoms with Crippen LogP contribution in [0.25, 0.3) is 0 Å². The quantitative estimate of drug-likeness (QED) is 0.666. The van der Waals surface area contributed by atoms with E-state index in [-0.39, 0.29) is 12.8 Å². The zero-order valence-electron chi connectivity index (χ0n) is 8.90. The summed E-state index contributed by atoms with van der Waals surface area (Å²) in [6.45, 7) is 1.90. The van der Waals surface area contributed by atoms with E-state index < -0.39 is 17.7 Å². The van der Waals surface area contributed by atoms with Gasteiger partial charge in [0.25, 0.3) is 5.91 Å². The van der Waals surface area contributed by atoms with E-state index in [2.05, 4.69) is 0 Å². The van der Waals surface area contributed by atoms with Gasteiger partial charge < -0.3 is 0 Å². The van der Waals surface area contributed by atoms with Gasteiger partial charge in [-0.1, -0.05) is 17.7 Å². The maximum Gasteiger partial charge on any atom is 0.267 e. The minimum absolute atomic E-state index is 0.135. The number of carbonyl (C=O) groups is 3. The highest BCUT2D eigenvalue weighted by molar-refractivity contribution is 6.19. The molecule has 82 valence electrons. The molecule has 0 spiro atoms. The average molecular weight is 217 g/mol. The summed E-state index contributed by atoms with van der Waals surface area (Å²) < 4.78 is 0. The number of benzene rings is 1. The van der Waals surface area contributed by atoms with E-state index in [0.717, 1.165) is 10.5 Å². The van der Waals surface area contributed by atoms with Crippen LogP contribution < -0.4 is 0 Å². The van der Waals surface area contributed by atoms with E-state index in [1.54, 1.807) is 24.3 Å². The lowest BCUT2D eigenvalue weighted by Crippen LogP contribution is -2.35. The molecule has 0 atom stereocenters. The van der Waals surface area contributed by atoms with Crippen molar-refractivity contribution in [1.82, 2.24) is 4.90 Å². The molecule has 4 nitrogen and oxygen atoms in total. The number of carbonyl (C=O) groups excluding carboxylic acids is 3. The van der Waals surface area contributed by atoms with Crippen LogP contribution in [-0.4, -0.2) is 22.6 Å². The van der Waals surface area contributed by atoms with Crippen molar-refractivity contribution >= 4 is 17.7 Å². The van der Waals surface area contributed by atoms with Crippen LogP contribution in [0.5, 0.6) is 0 Å². The summed E-state index contributed by atoms with van der Waals surface area (Å²) in [4.78, 5) is 35.3. The minimum Gasteiger partial charge on any atom is -0.274 e. The van der Waals surface area contributed by atoms with Gasteiger partial charge in [0.15, 0.2) is 0 Å². The Morgan fingerprint density at radius 3 is 2.06 bits per heavy atom. The van der Waals surface area contributed by atoms with Gasteiger partial charge in [-0.2, -0.15) is 0 Å². The van der Waals surface area contributed by atoms with Crippen LogP contribution in [0.4, 0.5) is 0 Å². The molecule has 1 aromatic carbocycles. The molecule has 3 amide bonds. The Hall–Kier alpha value is -1.97. The number of hydrogen-bond donors (Lipinski definition) is 0. The molecule has 16 heavy (non-hydrogen) atoms. The number of likely N-dealkylation sites (tertiary alicyclic amines) is 1. The zero-order valence-corrected chi connectivity index (χ0v) is 8.90. The molecule has 1 aliphatic heterocycles. The van der Waals surface area contributed by atoms with Crippen molar-refractivity contribution in [2.45, 2.75) is 19.8 Å². The molecule has 0 aromatic heterocycles. The first-order chi connectivity index (χ1) is 7.59. The van der Waals surface area contributed by atoms with E-state index in [4.69, 9.17) is 0 Å². The van der Waals surface area contributed by atoms with Gasteiger partial charge in [-0.15, -0.1) is 0 Å². The van der Waals surface area contributed by atoms with Crippen LogP contribution in [0.2, 0.25) is 0 Å². The van der Waals surface area contributed by atoms with Crippen molar-refractivity contribution < 1.29 is 14.4 Å². The highest BCUT2D eigenvalue weighted by atomic mass is 16.2. The van der Waals surface area contributed by atoms with Crippen LogP contribution in [0, 0.1) is 6.92 Å². The molecule has 2 rings (SSSR count). The summed E-state index contributed by atoms with van der Waals surface area (Å²) in [6.07, 6.45) is 0.271. The Balaban J connectivity index is 2.28. The van der Waals surface area contributed by atoms with Crippen molar-refractivity contribution in [2.75, 3.05) is 0 Å². The highest BCUT2D eigenvalue weighted by Crippen LogP contribution is 2.16. The Kier molecular flexibility index (Phi) is 2.56. The molecule has 1 saturated heterocycles. The number of amides is 3. The second kappa shape index (κ2) is 3.89. The number of rotatable bonds is 1. The Morgan fingerprint density at radius 2 is 1.56 bits per heavy atom. The lowest BCUT2D eigenvalue weighted by molar-refractivity contribution is -0.134. The maximum atomic E-state index is 11.9. The van der Waals surface area contributed by atoms with Gasteiger partial charge >= 0.3 is 0 Å². The van der Waals surface area contributed by atoms with Crippen molar-refractivity contribution in [1.29, 1.82) is 0 Å². The van der Waals surface area contributed by atoms with Gasteiger partial charge in [-0.25, -0.2) is 4.90 Å². The molecule has 1 aromatic rings. The number of imide groups is 3. The number of hydrogen-bond acceptors (Lipinski definition) is 3. The molecule has 1 aliphatic rings. The van der Waals surface area contributed by atoms with E-state index in [1.807, 2.05) is 6.92 Å². The van der Waals surface area contributed by atoms with Crippen LogP contribution >= 0.6 is 0 Å². The molecule has 0 aliphatic carbocycles. The summed E-state index contributed by atoms with van der Waals surface area (Å²) in [5, 5.41) is 0. The molecule has 1 fully saturated rings. The van der Waals surface area contributed by atoms with E-state index in [0.29, 0.717) is 5.56 Å². The second-order valence-corrected chi connectivity index (χ2v) is 3.79. The third-order valence-corrected chi connectivity index (χ3v) is 2.55. The second-order valence-electron chi connectivity index (χ2n) is 3.79. The third kappa shape index (κ3) is 1.74. The van der Waals surface area contributed by atoms with E-state index in [1.165, 1.54) is 0 Å². The van der Waals surface area contributed by atoms with Crippen LogP contribution in [0.3, 0.4) is 0 Å². The summed E-state index contributed by atoms with van der Waals surface area (Å²) in [5.41, 5.74) is 1.39. The van der Waals surface area contributed by atoms with Gasteiger partial charge in [0.1, 0.15) is 0 Å². The molecule has 0 N–H and O–H groups in total. The lowest BCUT2D eigenvalue weighted by atomic mass is 10.1. The lowest BCUT2D eigenvalue weighted by Gasteiger charge is -2.11. The number of nitrogens with zero attached hydrogens (tertiary/aromatic N) is 1. The molecule has 0 saturated carbocycles. The molecule has 0 unspecified atom stereocenters. The molecule has 0 bridgehead atoms. The fourth-order valence-electron chi connectivity index (χ4n) is 1.63. The van der Waals surface area contributed by atoms with Crippen LogP contribution in [0.15, 0.2) is 24.3 Å². The van der Waals surface area contributed by atoms with Gasteiger partial charge in [0, 0.05) is 18.4 Å². The summed E-state index contributed by atoms with van der Waals surface area (Å²) in [6, 6.07) is 6.80. The number of aryl methyl sites for hydroxylation is 1. The summed E-state index contributed by atoms with van der Waals surface area (Å²) in [7, 11) is 0. The first-order valence-electron chi connectivity index (χ1n) is 5.06. The molecule has 4 heteroatoms. The SMILES string of the molecule is Cc1ccc(C(=O)N2C(=O)CCC2=O)cc1. The van der Waals surface area contributed by atoms with Crippen molar-refractivity contribution in [2.24, 2.45) is 0 Å². The minimum atomic E-state index is -0.521. The molecular formula is C12H11NO3. The van der Waals surface area contributed by atoms with Crippen molar-refractivity contribution in [3.8, 4) is 0 Å². The first kappa shape index (κ1) is 10.5. The zero-order chi connectivity index (χ0) is 11.7. The first-order valence-corrected chi connectivity index (χ1v) is 5.06. The predicted molar refractivity (Wildman–Crippen MR) is 56.6 cm³/mol. The molecule has 1 heterocycles. The average Bonchev–Trinajstić information content (AvgIpc) is 2.59. The van der Waals surface area contributed by atoms with Crippen molar-refractivity contribution in [3.05, 3.63) is 35.4 Å². The van der Waals surface area contributed by atoms with Gasteiger partial charge in [0.05, 0.1) is 0 Å². The van der Waals surface area contributed by atoms with Crippen molar-refractivity contribution in [3.63, 3.8) is 0 Å². The molecule has 0 radical (unpaired) electrons. The van der Waals surface area contributed by atoms with Gasteiger partial charge in [0.2, 0.25) is 11.8 Å². The summed E-state index contributed by atoms with van der Waals surface area (Å²) >= 11 is 0. The monoisotopic (exact) mass is 217 g/mol. The fourth-order valence-corrected chi connectivity index (χ4v) is 1.63. The third-order valence-electron chi connectivity index (χ3n) is 2.55. The maximum absolute atomic E-state index is 11.9. The van der Waals surface area contributed by atoms with Crippen LogP contribution in [-0.2, 0) is 9.59 Å². The Labute approximate surface area is 92.9 Å². The summed E-state index contributed by atoms with van der Waals surface area (Å²) in [5.74, 6) is -1.33. The van der Waals surface area contributed by atoms with Gasteiger partial charge in [-0.05, 0) is 19.1 Å². The van der Waals surface area contributed by atoms with Gasteiger partial charge in [-0.3, -0.25) is 14.4 Å². The van der Waals surface area contributed by atoms with Crippen LogP contribution in [0.1, 0.15) is 28.8 Å². The Morgan fingerprint density at radius 1 is 1.06 bits per heavy atom. The largest absolute Gasteiger partial charge is 0.274 e. The Bertz CT molecular complexity index is 446.